The molecule has 2 aliphatic heterocycles. The third-order valence-corrected chi connectivity index (χ3v) is 7.17. The second kappa shape index (κ2) is 11.9. The molecule has 4 amide bonds. The van der Waals surface area contributed by atoms with Crippen LogP contribution < -0.4 is 14.9 Å². The maximum absolute atomic E-state index is 13.2. The number of fused-ring (bicyclic) bond motifs is 2. The van der Waals surface area contributed by atoms with Crippen molar-refractivity contribution in [1.29, 1.82) is 0 Å². The summed E-state index contributed by atoms with van der Waals surface area (Å²) in [6.45, 7) is -0.293. The van der Waals surface area contributed by atoms with E-state index in [9.17, 15) is 19.2 Å². The van der Waals surface area contributed by atoms with Crippen molar-refractivity contribution in [1.82, 2.24) is 25.4 Å². The van der Waals surface area contributed by atoms with E-state index in [1.54, 1.807) is 72.8 Å². The van der Waals surface area contributed by atoms with Crippen molar-refractivity contribution in [3.63, 3.8) is 0 Å². The highest BCUT2D eigenvalue weighted by Gasteiger charge is 2.41. The third kappa shape index (κ3) is 5.48. The number of amides is 4. The molecule has 3 heterocycles. The van der Waals surface area contributed by atoms with Gasteiger partial charge < -0.3 is 9.47 Å². The van der Waals surface area contributed by atoms with Gasteiger partial charge >= 0.3 is 0 Å². The third-order valence-electron chi connectivity index (χ3n) is 7.17. The predicted octanol–water partition coefficient (Wildman–Crippen LogP) is 2.72. The molecule has 0 spiro atoms. The van der Waals surface area contributed by atoms with Crippen molar-refractivity contribution in [2.45, 2.75) is 6.17 Å². The summed E-state index contributed by atoms with van der Waals surface area (Å²) < 4.78 is 11.0. The van der Waals surface area contributed by atoms with Crippen LogP contribution in [0.3, 0.4) is 0 Å². The summed E-state index contributed by atoms with van der Waals surface area (Å²) in [5.74, 6) is -0.910. The van der Waals surface area contributed by atoms with Gasteiger partial charge in [0.2, 0.25) is 0 Å². The van der Waals surface area contributed by atoms with Gasteiger partial charge in [0.25, 0.3) is 23.6 Å². The lowest BCUT2D eigenvalue weighted by molar-refractivity contribution is -0.141. The van der Waals surface area contributed by atoms with Crippen LogP contribution in [0.25, 0.3) is 10.9 Å². The molecule has 1 fully saturated rings. The molecule has 2 aliphatic rings. The number of pyridine rings is 1. The Balaban J connectivity index is 1.15. The summed E-state index contributed by atoms with van der Waals surface area (Å²) in [5.41, 5.74) is 4.55. The van der Waals surface area contributed by atoms with Gasteiger partial charge in [0.05, 0.1) is 31.4 Å². The molecule has 0 aliphatic carbocycles. The van der Waals surface area contributed by atoms with Crippen LogP contribution in [0.5, 0.6) is 11.5 Å². The lowest BCUT2D eigenvalue weighted by atomic mass is 10.1. The lowest BCUT2D eigenvalue weighted by Gasteiger charge is -2.30. The van der Waals surface area contributed by atoms with Gasteiger partial charge in [-0.2, -0.15) is 0 Å². The van der Waals surface area contributed by atoms with E-state index in [0.29, 0.717) is 22.6 Å². The SMILES string of the molecule is COc1ccc(C2N(CCON3C(=O)c4ccccc4C3=O)CC(=O)N2NC(=O)COc2cccc3cccnc23)cc1. The number of hydrogen-bond donors (Lipinski definition) is 1. The maximum Gasteiger partial charge on any atom is 0.285 e. The fourth-order valence-corrected chi connectivity index (χ4v) is 5.13. The number of aromatic nitrogens is 1. The van der Waals surface area contributed by atoms with Gasteiger partial charge in [-0.1, -0.05) is 42.5 Å². The van der Waals surface area contributed by atoms with Crippen LogP contribution in [-0.2, 0) is 14.4 Å². The number of hydrazine groups is 1. The molecular weight excluding hydrogens is 554 g/mol. The Kier molecular flexibility index (Phi) is 7.69. The number of nitrogens with one attached hydrogen (secondary N) is 1. The zero-order chi connectivity index (χ0) is 29.9. The average Bonchev–Trinajstić information content (AvgIpc) is 3.47. The summed E-state index contributed by atoms with van der Waals surface area (Å²) in [7, 11) is 1.55. The van der Waals surface area contributed by atoms with E-state index in [1.165, 1.54) is 5.01 Å². The number of hydroxylamine groups is 2. The molecule has 1 unspecified atom stereocenters. The topological polar surface area (TPSA) is 131 Å². The Labute approximate surface area is 246 Å². The number of para-hydroxylation sites is 1. The number of imide groups is 1. The normalized spacial score (nSPS) is 16.6. The van der Waals surface area contributed by atoms with Crippen LogP contribution in [-0.4, -0.2) is 77.0 Å². The molecule has 218 valence electrons. The van der Waals surface area contributed by atoms with Crippen LogP contribution in [0.1, 0.15) is 32.4 Å². The summed E-state index contributed by atoms with van der Waals surface area (Å²) in [4.78, 5) is 63.2. The molecule has 0 saturated carbocycles. The van der Waals surface area contributed by atoms with Gasteiger partial charge in [-0.05, 0) is 42.0 Å². The minimum atomic E-state index is -0.702. The van der Waals surface area contributed by atoms with E-state index in [4.69, 9.17) is 14.3 Å². The molecule has 1 aromatic heterocycles. The Hall–Kier alpha value is -5.33. The van der Waals surface area contributed by atoms with Crippen molar-refractivity contribution >= 4 is 34.5 Å². The summed E-state index contributed by atoms with van der Waals surface area (Å²) >= 11 is 0. The average molecular weight is 582 g/mol. The fourth-order valence-electron chi connectivity index (χ4n) is 5.13. The minimum absolute atomic E-state index is 0.0451. The fraction of sp³-hybridized carbons (Fsp3) is 0.194. The highest BCUT2D eigenvalue weighted by atomic mass is 16.7. The number of methoxy groups -OCH3 is 1. The van der Waals surface area contributed by atoms with Crippen molar-refractivity contribution < 1.29 is 33.5 Å². The molecule has 1 atom stereocenters. The van der Waals surface area contributed by atoms with E-state index < -0.39 is 23.9 Å². The molecule has 12 heteroatoms. The van der Waals surface area contributed by atoms with Crippen LogP contribution in [0, 0.1) is 0 Å². The van der Waals surface area contributed by atoms with Gasteiger partial charge in [-0.15, -0.1) is 5.06 Å². The van der Waals surface area contributed by atoms with Crippen LogP contribution in [0.4, 0.5) is 0 Å². The molecule has 3 aromatic carbocycles. The second-order valence-electron chi connectivity index (χ2n) is 9.82. The number of nitrogens with zero attached hydrogens (tertiary/aromatic N) is 4. The molecule has 1 saturated heterocycles. The monoisotopic (exact) mass is 581 g/mol. The first-order valence-electron chi connectivity index (χ1n) is 13.5. The molecule has 12 nitrogen and oxygen atoms in total. The van der Waals surface area contributed by atoms with Gasteiger partial charge in [0, 0.05) is 18.1 Å². The first kappa shape index (κ1) is 27.8. The Bertz CT molecular complexity index is 1670. The Morgan fingerprint density at radius 1 is 0.930 bits per heavy atom. The van der Waals surface area contributed by atoms with Crippen molar-refractivity contribution in [2.75, 3.05) is 33.4 Å². The zero-order valence-corrected chi connectivity index (χ0v) is 23.1. The highest BCUT2D eigenvalue weighted by Crippen LogP contribution is 2.31. The molecule has 43 heavy (non-hydrogen) atoms. The zero-order valence-electron chi connectivity index (χ0n) is 23.1. The number of hydrogen-bond acceptors (Lipinski definition) is 9. The van der Waals surface area contributed by atoms with Gasteiger partial charge in [0.1, 0.15) is 23.2 Å². The quantitative estimate of drug-likeness (QED) is 0.281. The van der Waals surface area contributed by atoms with E-state index in [0.717, 1.165) is 10.4 Å². The van der Waals surface area contributed by atoms with E-state index >= 15 is 0 Å². The van der Waals surface area contributed by atoms with Crippen LogP contribution >= 0.6 is 0 Å². The number of ether oxygens (including phenoxy) is 2. The summed E-state index contributed by atoms with van der Waals surface area (Å²) in [5, 5.41) is 2.86. The molecule has 6 rings (SSSR count). The maximum atomic E-state index is 13.2. The van der Waals surface area contributed by atoms with Crippen molar-refractivity contribution in [2.24, 2.45) is 0 Å². The highest BCUT2D eigenvalue weighted by molar-refractivity contribution is 6.20. The van der Waals surface area contributed by atoms with E-state index in [-0.39, 0.29) is 43.3 Å². The molecule has 0 bridgehead atoms. The van der Waals surface area contributed by atoms with Gasteiger partial charge in [-0.3, -0.25) is 39.3 Å². The standard InChI is InChI=1S/C31H27N5O7/c1-41-22-13-11-21(12-14-22)29-34(16-17-43-36-30(39)23-8-2-3-9-24(23)31(36)40)18-27(38)35(29)33-26(37)19-42-25-10-4-6-20-7-5-15-32-28(20)25/h2-15,29H,16-19H2,1H3,(H,33,37). The first-order valence-corrected chi connectivity index (χ1v) is 13.5. The minimum Gasteiger partial charge on any atom is -0.497 e. The van der Waals surface area contributed by atoms with E-state index in [2.05, 4.69) is 10.4 Å². The number of carbonyl (C=O) groups is 4. The Morgan fingerprint density at radius 3 is 2.37 bits per heavy atom. The summed E-state index contributed by atoms with van der Waals surface area (Å²) in [6.07, 6.45) is 0.942. The van der Waals surface area contributed by atoms with Crippen molar-refractivity contribution in [3.8, 4) is 11.5 Å². The molecule has 0 radical (unpaired) electrons. The second-order valence-corrected chi connectivity index (χ2v) is 9.82. The number of benzene rings is 3. The van der Waals surface area contributed by atoms with E-state index in [1.807, 2.05) is 24.3 Å². The van der Waals surface area contributed by atoms with Crippen LogP contribution in [0.15, 0.2) is 85.1 Å². The smallest absolute Gasteiger partial charge is 0.285 e. The van der Waals surface area contributed by atoms with Crippen molar-refractivity contribution in [3.05, 3.63) is 102 Å². The lowest BCUT2D eigenvalue weighted by Crippen LogP contribution is -2.47. The largest absolute Gasteiger partial charge is 0.497 e. The van der Waals surface area contributed by atoms with Gasteiger partial charge in [-0.25, -0.2) is 5.01 Å². The predicted molar refractivity (Wildman–Crippen MR) is 152 cm³/mol. The number of rotatable bonds is 10. The molecule has 1 N–H and O–H groups in total. The van der Waals surface area contributed by atoms with Crippen LogP contribution in [0.2, 0.25) is 0 Å². The van der Waals surface area contributed by atoms with Gasteiger partial charge in [0.15, 0.2) is 6.61 Å². The molecule has 4 aromatic rings. The summed E-state index contributed by atoms with van der Waals surface area (Å²) in [6, 6.07) is 22.7. The number of carbonyl (C=O) groups excluding carboxylic acids is 4. The first-order chi connectivity index (χ1) is 20.9. The Morgan fingerprint density at radius 2 is 1.65 bits per heavy atom. The molecular formula is C31H27N5O7.